The molecule has 0 aliphatic heterocycles. The Morgan fingerprint density at radius 1 is 1.38 bits per heavy atom. The van der Waals surface area contributed by atoms with E-state index in [-0.39, 0.29) is 0 Å². The van der Waals surface area contributed by atoms with Crippen LogP contribution in [-0.4, -0.2) is 9.55 Å². The predicted octanol–water partition coefficient (Wildman–Crippen LogP) is 2.28. The molecule has 2 rings (SSSR count). The van der Waals surface area contributed by atoms with E-state index in [9.17, 15) is 0 Å². The molecule has 0 bridgehead atoms. The summed E-state index contributed by atoms with van der Waals surface area (Å²) in [7, 11) is 0. The molecule has 2 N–H and O–H groups in total. The number of hydrogen-bond donors (Lipinski definition) is 1. The molecule has 1 aromatic heterocycles. The standard InChI is InChI=1S/C10H17N3/c1-8-12-10(11)7-13(8)9-5-3-2-4-6-9/h7,9H,2-6,11H2,1H3. The molecule has 1 saturated carbocycles. The monoisotopic (exact) mass is 179 g/mol. The first-order chi connectivity index (χ1) is 6.27. The quantitative estimate of drug-likeness (QED) is 0.718. The smallest absolute Gasteiger partial charge is 0.141 e. The Morgan fingerprint density at radius 3 is 2.62 bits per heavy atom. The minimum atomic E-state index is 0.651. The van der Waals surface area contributed by atoms with E-state index in [1.54, 1.807) is 0 Å². The Kier molecular flexibility index (Phi) is 2.25. The molecule has 72 valence electrons. The number of aryl methyl sites for hydroxylation is 1. The van der Waals surface area contributed by atoms with Crippen molar-refractivity contribution in [2.75, 3.05) is 5.73 Å². The highest BCUT2D eigenvalue weighted by Gasteiger charge is 2.16. The van der Waals surface area contributed by atoms with Crippen molar-refractivity contribution in [1.29, 1.82) is 0 Å². The molecule has 3 nitrogen and oxygen atoms in total. The second-order valence-electron chi connectivity index (χ2n) is 3.91. The molecular weight excluding hydrogens is 162 g/mol. The van der Waals surface area contributed by atoms with Crippen molar-refractivity contribution >= 4 is 5.82 Å². The SMILES string of the molecule is Cc1nc(N)cn1C1CCCCC1. The van der Waals surface area contributed by atoms with Gasteiger partial charge in [-0.25, -0.2) is 4.98 Å². The third kappa shape index (κ3) is 1.69. The van der Waals surface area contributed by atoms with Gasteiger partial charge in [-0.05, 0) is 19.8 Å². The molecule has 0 radical (unpaired) electrons. The number of aromatic nitrogens is 2. The zero-order valence-electron chi connectivity index (χ0n) is 8.16. The van der Waals surface area contributed by atoms with Crippen molar-refractivity contribution in [2.45, 2.75) is 45.1 Å². The molecule has 0 amide bonds. The third-order valence-corrected chi connectivity index (χ3v) is 2.90. The summed E-state index contributed by atoms with van der Waals surface area (Å²) in [5, 5.41) is 0. The van der Waals surface area contributed by atoms with Crippen LogP contribution < -0.4 is 5.73 Å². The maximum absolute atomic E-state index is 5.65. The zero-order chi connectivity index (χ0) is 9.26. The van der Waals surface area contributed by atoms with E-state index in [4.69, 9.17) is 5.73 Å². The lowest BCUT2D eigenvalue weighted by Crippen LogP contribution is -2.13. The Balaban J connectivity index is 2.18. The van der Waals surface area contributed by atoms with Gasteiger partial charge in [-0.3, -0.25) is 0 Å². The van der Waals surface area contributed by atoms with Crippen LogP contribution in [0.5, 0.6) is 0 Å². The predicted molar refractivity (Wildman–Crippen MR) is 53.5 cm³/mol. The van der Waals surface area contributed by atoms with Crippen LogP contribution in [-0.2, 0) is 0 Å². The highest BCUT2D eigenvalue weighted by Crippen LogP contribution is 2.29. The number of anilines is 1. The van der Waals surface area contributed by atoms with Crippen molar-refractivity contribution in [3.8, 4) is 0 Å². The van der Waals surface area contributed by atoms with Crippen LogP contribution in [0.2, 0.25) is 0 Å². The van der Waals surface area contributed by atoms with Gasteiger partial charge in [0.1, 0.15) is 11.6 Å². The van der Waals surface area contributed by atoms with Gasteiger partial charge in [-0.1, -0.05) is 19.3 Å². The number of imidazole rings is 1. The number of rotatable bonds is 1. The van der Waals surface area contributed by atoms with Gasteiger partial charge in [-0.15, -0.1) is 0 Å². The molecule has 0 unspecified atom stereocenters. The average Bonchev–Trinajstić information content (AvgIpc) is 2.47. The van der Waals surface area contributed by atoms with Gasteiger partial charge >= 0.3 is 0 Å². The first-order valence-corrected chi connectivity index (χ1v) is 5.08. The van der Waals surface area contributed by atoms with Crippen LogP contribution in [0.4, 0.5) is 5.82 Å². The lowest BCUT2D eigenvalue weighted by Gasteiger charge is -2.23. The average molecular weight is 179 g/mol. The molecule has 0 spiro atoms. The van der Waals surface area contributed by atoms with Crippen LogP contribution in [0.25, 0.3) is 0 Å². The maximum atomic E-state index is 5.65. The summed E-state index contributed by atoms with van der Waals surface area (Å²) in [4.78, 5) is 4.23. The van der Waals surface area contributed by atoms with E-state index in [2.05, 4.69) is 9.55 Å². The molecular formula is C10H17N3. The van der Waals surface area contributed by atoms with Gasteiger partial charge in [-0.2, -0.15) is 0 Å². The number of nitrogens with two attached hydrogens (primary N) is 1. The third-order valence-electron chi connectivity index (χ3n) is 2.90. The fourth-order valence-electron chi connectivity index (χ4n) is 2.24. The van der Waals surface area contributed by atoms with Crippen LogP contribution in [0.1, 0.15) is 44.0 Å². The van der Waals surface area contributed by atoms with Crippen molar-refractivity contribution in [1.82, 2.24) is 9.55 Å². The van der Waals surface area contributed by atoms with E-state index in [1.165, 1.54) is 32.1 Å². The Labute approximate surface area is 79.0 Å². The first-order valence-electron chi connectivity index (χ1n) is 5.08. The largest absolute Gasteiger partial charge is 0.382 e. The summed E-state index contributed by atoms with van der Waals surface area (Å²) in [5.41, 5.74) is 5.65. The van der Waals surface area contributed by atoms with Crippen molar-refractivity contribution in [3.63, 3.8) is 0 Å². The Hall–Kier alpha value is -0.990. The Morgan fingerprint density at radius 2 is 2.08 bits per heavy atom. The molecule has 0 aromatic carbocycles. The fourth-order valence-corrected chi connectivity index (χ4v) is 2.24. The number of nitrogen functional groups attached to an aromatic ring is 1. The zero-order valence-corrected chi connectivity index (χ0v) is 8.16. The second-order valence-corrected chi connectivity index (χ2v) is 3.91. The summed E-state index contributed by atoms with van der Waals surface area (Å²) in [6.07, 6.45) is 8.64. The molecule has 1 aliphatic rings. The van der Waals surface area contributed by atoms with Crippen LogP contribution >= 0.6 is 0 Å². The second kappa shape index (κ2) is 3.40. The lowest BCUT2D eigenvalue weighted by atomic mass is 9.95. The fraction of sp³-hybridized carbons (Fsp3) is 0.700. The first kappa shape index (κ1) is 8.60. The van der Waals surface area contributed by atoms with Gasteiger partial charge in [0.15, 0.2) is 0 Å². The van der Waals surface area contributed by atoms with Gasteiger partial charge in [0.25, 0.3) is 0 Å². The normalized spacial score (nSPS) is 19.2. The van der Waals surface area contributed by atoms with Gasteiger partial charge in [0.2, 0.25) is 0 Å². The van der Waals surface area contributed by atoms with Crippen LogP contribution in [0.3, 0.4) is 0 Å². The molecule has 1 aliphatic carbocycles. The van der Waals surface area contributed by atoms with E-state index in [1.807, 2.05) is 13.1 Å². The molecule has 0 saturated heterocycles. The minimum Gasteiger partial charge on any atom is -0.382 e. The summed E-state index contributed by atoms with van der Waals surface area (Å²) in [6, 6.07) is 0.651. The summed E-state index contributed by atoms with van der Waals surface area (Å²) in [6.45, 7) is 2.03. The highest BCUT2D eigenvalue weighted by molar-refractivity contribution is 5.26. The summed E-state index contributed by atoms with van der Waals surface area (Å²) in [5.74, 6) is 1.72. The molecule has 1 fully saturated rings. The van der Waals surface area contributed by atoms with Crippen molar-refractivity contribution in [2.24, 2.45) is 0 Å². The molecule has 1 heterocycles. The molecule has 1 aromatic rings. The molecule has 3 heteroatoms. The van der Waals surface area contributed by atoms with Gasteiger partial charge in [0, 0.05) is 12.2 Å². The van der Waals surface area contributed by atoms with Crippen molar-refractivity contribution < 1.29 is 0 Å². The summed E-state index contributed by atoms with van der Waals surface area (Å²) < 4.78 is 2.24. The van der Waals surface area contributed by atoms with E-state index in [0.29, 0.717) is 11.9 Å². The molecule has 0 atom stereocenters. The van der Waals surface area contributed by atoms with Crippen LogP contribution in [0, 0.1) is 6.92 Å². The number of hydrogen-bond acceptors (Lipinski definition) is 2. The van der Waals surface area contributed by atoms with Crippen molar-refractivity contribution in [3.05, 3.63) is 12.0 Å². The minimum absolute atomic E-state index is 0.651. The van der Waals surface area contributed by atoms with E-state index >= 15 is 0 Å². The highest BCUT2D eigenvalue weighted by atomic mass is 15.1. The summed E-state index contributed by atoms with van der Waals surface area (Å²) >= 11 is 0. The molecule has 13 heavy (non-hydrogen) atoms. The van der Waals surface area contributed by atoms with Gasteiger partial charge in [0.05, 0.1) is 0 Å². The lowest BCUT2D eigenvalue weighted by molar-refractivity contribution is 0.348. The topological polar surface area (TPSA) is 43.8 Å². The van der Waals surface area contributed by atoms with Crippen LogP contribution in [0.15, 0.2) is 6.20 Å². The Bertz CT molecular complexity index is 284. The van der Waals surface area contributed by atoms with E-state index < -0.39 is 0 Å². The number of nitrogens with zero attached hydrogens (tertiary/aromatic N) is 2. The van der Waals surface area contributed by atoms with E-state index in [0.717, 1.165) is 5.82 Å². The van der Waals surface area contributed by atoms with Gasteiger partial charge < -0.3 is 10.3 Å². The maximum Gasteiger partial charge on any atom is 0.141 e.